The van der Waals surface area contributed by atoms with E-state index in [-0.39, 0.29) is 49.0 Å². The third-order valence-electron chi connectivity index (χ3n) is 7.73. The normalized spacial score (nSPS) is 51.4. The molecule has 0 spiro atoms. The Kier molecular flexibility index (Phi) is 5.33. The fraction of sp³-hybridized carbons (Fsp3) is 0.909. The first-order valence-electron chi connectivity index (χ1n) is 11.3. The first kappa shape index (κ1) is 21.6. The first-order chi connectivity index (χ1) is 14.7. The van der Waals surface area contributed by atoms with Crippen molar-refractivity contribution in [2.24, 2.45) is 0 Å². The third kappa shape index (κ3) is 3.78. The van der Waals surface area contributed by atoms with Crippen molar-refractivity contribution < 1.29 is 43.1 Å². The van der Waals surface area contributed by atoms with Gasteiger partial charge in [-0.1, -0.05) is 0 Å². The van der Waals surface area contributed by atoms with Crippen LogP contribution >= 0.6 is 0 Å². The Morgan fingerprint density at radius 3 is 2.52 bits per heavy atom. The van der Waals surface area contributed by atoms with E-state index in [2.05, 4.69) is 0 Å². The third-order valence-corrected chi connectivity index (χ3v) is 7.73. The summed E-state index contributed by atoms with van der Waals surface area (Å²) in [6.07, 6.45) is 0.749. The maximum atomic E-state index is 11.8. The topological polar surface area (TPSA) is 110 Å². The number of rotatable bonds is 2. The van der Waals surface area contributed by atoms with Gasteiger partial charge in [-0.3, -0.25) is 9.59 Å². The van der Waals surface area contributed by atoms with E-state index >= 15 is 0 Å². The van der Waals surface area contributed by atoms with Gasteiger partial charge in [-0.05, 0) is 26.7 Å². The predicted molar refractivity (Wildman–Crippen MR) is 104 cm³/mol. The summed E-state index contributed by atoms with van der Waals surface area (Å²) >= 11 is 0. The molecule has 9 heteroatoms. The lowest BCUT2D eigenvalue weighted by molar-refractivity contribution is -0.342. The summed E-state index contributed by atoms with van der Waals surface area (Å²) in [6, 6.07) is 0. The molecule has 5 aliphatic heterocycles. The minimum absolute atomic E-state index is 0.00100. The molecule has 5 rings (SSSR count). The molecule has 31 heavy (non-hydrogen) atoms. The van der Waals surface area contributed by atoms with Gasteiger partial charge in [0.25, 0.3) is 0 Å². The Morgan fingerprint density at radius 1 is 1.03 bits per heavy atom. The molecule has 5 aliphatic rings. The van der Waals surface area contributed by atoms with E-state index in [9.17, 15) is 14.7 Å². The molecule has 0 amide bonds. The molecule has 1 N–H and O–H groups in total. The number of aliphatic hydroxyl groups excluding tert-OH is 1. The van der Waals surface area contributed by atoms with Gasteiger partial charge < -0.3 is 33.5 Å². The van der Waals surface area contributed by atoms with Crippen molar-refractivity contribution in [3.8, 4) is 0 Å². The van der Waals surface area contributed by atoms with Crippen LogP contribution in [0.1, 0.15) is 58.8 Å². The van der Waals surface area contributed by atoms with E-state index in [1.54, 1.807) is 0 Å². The number of fused-ring (bicyclic) bond motifs is 4. The molecular weight excluding hydrogens is 408 g/mol. The van der Waals surface area contributed by atoms with Crippen molar-refractivity contribution in [2.75, 3.05) is 7.11 Å². The van der Waals surface area contributed by atoms with Gasteiger partial charge in [-0.25, -0.2) is 0 Å². The van der Waals surface area contributed by atoms with Crippen LogP contribution in [0.15, 0.2) is 0 Å². The highest BCUT2D eigenvalue weighted by Gasteiger charge is 2.61. The van der Waals surface area contributed by atoms with Crippen molar-refractivity contribution in [2.45, 2.75) is 119 Å². The lowest BCUT2D eigenvalue weighted by atomic mass is 9.72. The Balaban J connectivity index is 1.32. The number of hydrogen-bond acceptors (Lipinski definition) is 9. The van der Waals surface area contributed by atoms with Gasteiger partial charge >= 0.3 is 11.9 Å². The molecular formula is C22H32O9. The molecule has 10 atom stereocenters. The van der Waals surface area contributed by atoms with Crippen molar-refractivity contribution in [3.05, 3.63) is 0 Å². The zero-order chi connectivity index (χ0) is 22.0. The quantitative estimate of drug-likeness (QED) is 0.630. The summed E-state index contributed by atoms with van der Waals surface area (Å²) in [5.41, 5.74) is -1.27. The van der Waals surface area contributed by atoms with Gasteiger partial charge in [0.2, 0.25) is 0 Å². The van der Waals surface area contributed by atoms with E-state index in [1.165, 1.54) is 7.11 Å². The maximum Gasteiger partial charge on any atom is 0.308 e. The minimum atomic E-state index is -0.810. The second-order valence-corrected chi connectivity index (χ2v) is 10.1. The van der Waals surface area contributed by atoms with Crippen molar-refractivity contribution >= 4 is 11.9 Å². The first-order valence-corrected chi connectivity index (χ1v) is 11.3. The molecule has 0 unspecified atom stereocenters. The van der Waals surface area contributed by atoms with Crippen LogP contribution in [0, 0.1) is 0 Å². The van der Waals surface area contributed by atoms with Gasteiger partial charge in [-0.2, -0.15) is 0 Å². The minimum Gasteiger partial charge on any atom is -0.469 e. The highest BCUT2D eigenvalue weighted by Crippen LogP contribution is 2.50. The van der Waals surface area contributed by atoms with E-state index in [4.69, 9.17) is 28.4 Å². The van der Waals surface area contributed by atoms with Gasteiger partial charge in [0.05, 0.1) is 67.8 Å². The average molecular weight is 440 g/mol. The summed E-state index contributed by atoms with van der Waals surface area (Å²) in [5.74, 6) is -0.611. The van der Waals surface area contributed by atoms with Gasteiger partial charge in [0.1, 0.15) is 12.2 Å². The SMILES string of the molecule is COC(=O)C[C@@H]1O[C@]2(C)C[C@]3(C)O[C@@H]4CC[C@@H]5OC(=O)C[C@H]5O[C@H]4C[C@H]3O[C@H]2C[C@H]1O. The van der Waals surface area contributed by atoms with E-state index in [0.717, 1.165) is 12.8 Å². The molecule has 0 aliphatic carbocycles. The monoisotopic (exact) mass is 440 g/mol. The maximum absolute atomic E-state index is 11.8. The zero-order valence-electron chi connectivity index (χ0n) is 18.3. The fourth-order valence-electron chi connectivity index (χ4n) is 6.17. The van der Waals surface area contributed by atoms with Crippen LogP contribution in [0.4, 0.5) is 0 Å². The molecule has 0 radical (unpaired) electrons. The standard InChI is InChI=1S/C22H32O9/c1-21-10-22(2)18(29-17(21)6-11(23)14(31-21)8-19(24)26-3)7-15-13(30-22)5-4-12-16(27-15)9-20(25)28-12/h11-18,23H,4-10H2,1-3H3/t11-,12+,13-,14+,15+,16-,17+,18-,21-,22+/m1/s1. The average Bonchev–Trinajstić information content (AvgIpc) is 2.97. The molecule has 9 nitrogen and oxygen atoms in total. The highest BCUT2D eigenvalue weighted by molar-refractivity contribution is 5.72. The summed E-state index contributed by atoms with van der Waals surface area (Å²) in [5, 5.41) is 10.6. The molecule has 5 fully saturated rings. The Hall–Kier alpha value is -1.26. The molecule has 5 heterocycles. The smallest absolute Gasteiger partial charge is 0.308 e. The number of carbonyl (C=O) groups excluding carboxylic acids is 2. The van der Waals surface area contributed by atoms with E-state index in [1.807, 2.05) is 13.8 Å². The highest BCUT2D eigenvalue weighted by atomic mass is 16.6. The predicted octanol–water partition coefficient (Wildman–Crippen LogP) is 1.03. The van der Waals surface area contributed by atoms with E-state index in [0.29, 0.717) is 25.7 Å². The Labute approximate surface area is 181 Å². The number of aliphatic hydroxyl groups is 1. The molecule has 5 saturated heterocycles. The second-order valence-electron chi connectivity index (χ2n) is 10.1. The van der Waals surface area contributed by atoms with Crippen molar-refractivity contribution in [1.82, 2.24) is 0 Å². The van der Waals surface area contributed by atoms with Crippen LogP contribution in [0.3, 0.4) is 0 Å². The van der Waals surface area contributed by atoms with Crippen LogP contribution in [0.5, 0.6) is 0 Å². The summed E-state index contributed by atoms with van der Waals surface area (Å²) in [7, 11) is 1.33. The number of carbonyl (C=O) groups is 2. The molecule has 0 saturated carbocycles. The van der Waals surface area contributed by atoms with Crippen molar-refractivity contribution in [3.63, 3.8) is 0 Å². The number of esters is 2. The summed E-state index contributed by atoms with van der Waals surface area (Å²) in [6.45, 7) is 4.02. The number of hydrogen-bond donors (Lipinski definition) is 1. The van der Waals surface area contributed by atoms with E-state index < -0.39 is 29.4 Å². The van der Waals surface area contributed by atoms with Crippen LogP contribution in [-0.2, 0) is 38.0 Å². The Bertz CT molecular complexity index is 742. The largest absolute Gasteiger partial charge is 0.469 e. The molecule has 0 bridgehead atoms. The molecule has 0 aromatic rings. The van der Waals surface area contributed by atoms with Gasteiger partial charge in [-0.15, -0.1) is 0 Å². The fourth-order valence-corrected chi connectivity index (χ4v) is 6.17. The lowest BCUT2D eigenvalue weighted by Gasteiger charge is -2.59. The number of methoxy groups -OCH3 is 1. The lowest BCUT2D eigenvalue weighted by Crippen LogP contribution is -2.69. The molecule has 0 aromatic carbocycles. The summed E-state index contributed by atoms with van der Waals surface area (Å²) < 4.78 is 35.8. The van der Waals surface area contributed by atoms with Gasteiger partial charge in [0.15, 0.2) is 0 Å². The van der Waals surface area contributed by atoms with Gasteiger partial charge in [0, 0.05) is 19.3 Å². The number of ether oxygens (including phenoxy) is 6. The molecule has 0 aromatic heterocycles. The Morgan fingerprint density at radius 2 is 1.74 bits per heavy atom. The van der Waals surface area contributed by atoms with Crippen LogP contribution < -0.4 is 0 Å². The second kappa shape index (κ2) is 7.66. The zero-order valence-corrected chi connectivity index (χ0v) is 18.3. The van der Waals surface area contributed by atoms with Crippen LogP contribution in [0.25, 0.3) is 0 Å². The van der Waals surface area contributed by atoms with Crippen LogP contribution in [-0.4, -0.2) is 84.2 Å². The van der Waals surface area contributed by atoms with Crippen LogP contribution in [0.2, 0.25) is 0 Å². The molecule has 174 valence electrons. The van der Waals surface area contributed by atoms with Crippen molar-refractivity contribution in [1.29, 1.82) is 0 Å². The summed E-state index contributed by atoms with van der Waals surface area (Å²) in [4.78, 5) is 23.4.